The molecule has 7 heteroatoms. The first-order valence-corrected chi connectivity index (χ1v) is 7.42. The summed E-state index contributed by atoms with van der Waals surface area (Å²) < 4.78 is 5.14. The lowest BCUT2D eigenvalue weighted by molar-refractivity contribution is 0.0530. The third-order valence-corrected chi connectivity index (χ3v) is 2.51. The fraction of sp³-hybridized carbons (Fsp3) is 0.643. The number of nitrogens with one attached hydrogen (secondary N) is 2. The van der Waals surface area contributed by atoms with Crippen molar-refractivity contribution >= 4 is 23.5 Å². The molecule has 0 aliphatic rings. The average Bonchev–Trinajstić information content (AvgIpc) is 2.32. The highest BCUT2D eigenvalue weighted by Crippen LogP contribution is 2.12. The number of rotatable bonds is 6. The maximum atomic E-state index is 11.5. The van der Waals surface area contributed by atoms with Crippen LogP contribution >= 0.6 is 11.6 Å². The minimum absolute atomic E-state index is 0.413. The quantitative estimate of drug-likeness (QED) is 0.623. The Bertz CT molecular complexity index is 475. The molecule has 1 amide bonds. The van der Waals surface area contributed by atoms with Crippen LogP contribution in [0.2, 0.25) is 5.15 Å². The molecule has 118 valence electrons. The molecular formula is C14H23ClN4O2. The molecule has 1 aromatic heterocycles. The van der Waals surface area contributed by atoms with E-state index in [1.807, 2.05) is 20.8 Å². The number of aromatic nitrogens is 2. The van der Waals surface area contributed by atoms with Crippen LogP contribution in [0.3, 0.4) is 0 Å². The van der Waals surface area contributed by atoms with Crippen molar-refractivity contribution in [1.29, 1.82) is 0 Å². The zero-order valence-corrected chi connectivity index (χ0v) is 13.8. The molecule has 0 aliphatic carbocycles. The van der Waals surface area contributed by atoms with Gasteiger partial charge in [-0.3, -0.25) is 0 Å². The van der Waals surface area contributed by atoms with Gasteiger partial charge < -0.3 is 15.4 Å². The topological polar surface area (TPSA) is 76.1 Å². The highest BCUT2D eigenvalue weighted by atomic mass is 35.5. The van der Waals surface area contributed by atoms with E-state index in [1.165, 1.54) is 0 Å². The number of amides is 1. The van der Waals surface area contributed by atoms with Crippen molar-refractivity contribution in [2.75, 3.05) is 18.4 Å². The molecule has 2 N–H and O–H groups in total. The summed E-state index contributed by atoms with van der Waals surface area (Å²) in [4.78, 5) is 19.9. The summed E-state index contributed by atoms with van der Waals surface area (Å²) in [6.45, 7) is 8.48. The fourth-order valence-corrected chi connectivity index (χ4v) is 1.76. The lowest BCUT2D eigenvalue weighted by Crippen LogP contribution is -2.35. The number of alkyl carbamates (subject to hydrolysis) is 1. The Hall–Kier alpha value is -1.56. The molecule has 0 saturated carbocycles. The summed E-state index contributed by atoms with van der Waals surface area (Å²) in [5.41, 5.74) is -0.493. The molecule has 6 nitrogen and oxygen atoms in total. The molecule has 0 spiro atoms. The number of aryl methyl sites for hydroxylation is 1. The predicted molar refractivity (Wildman–Crippen MR) is 83.8 cm³/mol. The third-order valence-electron chi connectivity index (χ3n) is 2.31. The number of hydrogen-bond acceptors (Lipinski definition) is 5. The van der Waals surface area contributed by atoms with E-state index in [4.69, 9.17) is 16.3 Å². The number of anilines is 1. The van der Waals surface area contributed by atoms with Gasteiger partial charge in [0.15, 0.2) is 0 Å². The number of carbonyl (C=O) groups excluding carboxylic acids is 1. The maximum absolute atomic E-state index is 11.5. The molecular weight excluding hydrogens is 292 g/mol. The van der Waals surface area contributed by atoms with Gasteiger partial charge in [0.2, 0.25) is 0 Å². The first kappa shape index (κ1) is 17.5. The van der Waals surface area contributed by atoms with E-state index in [2.05, 4.69) is 27.5 Å². The second-order valence-electron chi connectivity index (χ2n) is 5.60. The summed E-state index contributed by atoms with van der Waals surface area (Å²) in [6.07, 6.45) is 1.31. The number of nitrogens with zero attached hydrogens (tertiary/aromatic N) is 2. The van der Waals surface area contributed by atoms with Crippen LogP contribution in [0.5, 0.6) is 0 Å². The van der Waals surface area contributed by atoms with Gasteiger partial charge in [-0.15, -0.1) is 0 Å². The van der Waals surface area contributed by atoms with Gasteiger partial charge in [-0.25, -0.2) is 14.8 Å². The van der Waals surface area contributed by atoms with Gasteiger partial charge in [-0.05, 0) is 27.2 Å². The summed E-state index contributed by atoms with van der Waals surface area (Å²) >= 11 is 5.94. The predicted octanol–water partition coefficient (Wildman–Crippen LogP) is 3.02. The number of halogens is 1. The van der Waals surface area contributed by atoms with Crippen molar-refractivity contribution in [3.8, 4) is 0 Å². The number of carbonyl (C=O) groups is 1. The molecule has 1 heterocycles. The third kappa shape index (κ3) is 7.70. The summed E-state index contributed by atoms with van der Waals surface area (Å²) in [6, 6.07) is 1.66. The maximum Gasteiger partial charge on any atom is 0.407 e. The van der Waals surface area contributed by atoms with Crippen LogP contribution in [-0.2, 0) is 11.2 Å². The normalized spacial score (nSPS) is 11.1. The van der Waals surface area contributed by atoms with Crippen LogP contribution in [-0.4, -0.2) is 34.8 Å². The molecule has 0 bridgehead atoms. The highest BCUT2D eigenvalue weighted by molar-refractivity contribution is 6.29. The smallest absolute Gasteiger partial charge is 0.407 e. The largest absolute Gasteiger partial charge is 0.444 e. The van der Waals surface area contributed by atoms with Crippen molar-refractivity contribution in [3.05, 3.63) is 17.0 Å². The standard InChI is InChI=1S/C14H23ClN4O2/c1-5-6-11-18-10(15)9-12(19-11)16-7-8-17-13(20)21-14(2,3)4/h9H,5-8H2,1-4H3,(H,17,20)(H,16,18,19). The van der Waals surface area contributed by atoms with E-state index in [9.17, 15) is 4.79 Å². The lowest BCUT2D eigenvalue weighted by Gasteiger charge is -2.19. The van der Waals surface area contributed by atoms with Crippen LogP contribution in [0.15, 0.2) is 6.07 Å². The SMILES string of the molecule is CCCc1nc(Cl)cc(NCCNC(=O)OC(C)(C)C)n1. The van der Waals surface area contributed by atoms with Crippen LogP contribution in [0.25, 0.3) is 0 Å². The zero-order valence-electron chi connectivity index (χ0n) is 13.0. The Morgan fingerprint density at radius 3 is 2.67 bits per heavy atom. The second-order valence-corrected chi connectivity index (χ2v) is 5.98. The Kier molecular flexibility index (Phi) is 6.68. The molecule has 21 heavy (non-hydrogen) atoms. The Morgan fingerprint density at radius 1 is 1.33 bits per heavy atom. The van der Waals surface area contributed by atoms with Gasteiger partial charge >= 0.3 is 6.09 Å². The first-order valence-electron chi connectivity index (χ1n) is 7.04. The fourth-order valence-electron chi connectivity index (χ4n) is 1.56. The molecule has 0 radical (unpaired) electrons. The zero-order chi connectivity index (χ0) is 15.9. The van der Waals surface area contributed by atoms with Crippen molar-refractivity contribution in [2.45, 2.75) is 46.1 Å². The molecule has 0 saturated heterocycles. The van der Waals surface area contributed by atoms with Crippen LogP contribution in [0.4, 0.5) is 10.6 Å². The van der Waals surface area contributed by atoms with Gasteiger partial charge in [0, 0.05) is 25.6 Å². The highest BCUT2D eigenvalue weighted by Gasteiger charge is 2.15. The molecule has 0 aliphatic heterocycles. The Labute approximate surface area is 130 Å². The lowest BCUT2D eigenvalue weighted by atomic mass is 10.2. The van der Waals surface area contributed by atoms with Gasteiger partial charge in [0.25, 0.3) is 0 Å². The molecule has 0 unspecified atom stereocenters. The van der Waals surface area contributed by atoms with Crippen molar-refractivity contribution in [1.82, 2.24) is 15.3 Å². The van der Waals surface area contributed by atoms with E-state index < -0.39 is 11.7 Å². The van der Waals surface area contributed by atoms with E-state index in [0.29, 0.717) is 29.9 Å². The summed E-state index contributed by atoms with van der Waals surface area (Å²) in [7, 11) is 0. The second kappa shape index (κ2) is 8.02. The van der Waals surface area contributed by atoms with E-state index in [0.717, 1.165) is 12.8 Å². The molecule has 0 aromatic carbocycles. The summed E-state index contributed by atoms with van der Waals surface area (Å²) in [5.74, 6) is 1.37. The van der Waals surface area contributed by atoms with Gasteiger partial charge in [-0.2, -0.15) is 0 Å². The summed E-state index contributed by atoms with van der Waals surface area (Å²) in [5, 5.41) is 6.17. The molecule has 0 fully saturated rings. The van der Waals surface area contributed by atoms with Crippen LogP contribution in [0.1, 0.15) is 39.9 Å². The first-order chi connectivity index (χ1) is 9.80. The minimum atomic E-state index is -0.493. The number of ether oxygens (including phenoxy) is 1. The molecule has 1 rings (SSSR count). The van der Waals surface area contributed by atoms with E-state index in [-0.39, 0.29) is 0 Å². The van der Waals surface area contributed by atoms with Crippen molar-refractivity contribution in [3.63, 3.8) is 0 Å². The van der Waals surface area contributed by atoms with Gasteiger partial charge in [-0.1, -0.05) is 18.5 Å². The van der Waals surface area contributed by atoms with E-state index >= 15 is 0 Å². The average molecular weight is 315 g/mol. The molecule has 1 aromatic rings. The van der Waals surface area contributed by atoms with Crippen molar-refractivity contribution in [2.24, 2.45) is 0 Å². The molecule has 0 atom stereocenters. The Morgan fingerprint density at radius 2 is 2.05 bits per heavy atom. The Balaban J connectivity index is 2.37. The van der Waals surface area contributed by atoms with Crippen molar-refractivity contribution < 1.29 is 9.53 Å². The minimum Gasteiger partial charge on any atom is -0.444 e. The monoisotopic (exact) mass is 314 g/mol. The van der Waals surface area contributed by atoms with Crippen LogP contribution < -0.4 is 10.6 Å². The van der Waals surface area contributed by atoms with Gasteiger partial charge in [0.1, 0.15) is 22.4 Å². The van der Waals surface area contributed by atoms with E-state index in [1.54, 1.807) is 6.07 Å². The number of hydrogen-bond donors (Lipinski definition) is 2. The van der Waals surface area contributed by atoms with Gasteiger partial charge in [0.05, 0.1) is 0 Å². The van der Waals surface area contributed by atoms with Crippen LogP contribution in [0, 0.1) is 0 Å².